The Morgan fingerprint density at radius 3 is 2.40 bits per heavy atom. The van der Waals surface area contributed by atoms with Crippen LogP contribution in [0.2, 0.25) is 0 Å². The van der Waals surface area contributed by atoms with E-state index in [2.05, 4.69) is 10.2 Å². The molecule has 1 fully saturated rings. The van der Waals surface area contributed by atoms with E-state index in [0.717, 1.165) is 29.7 Å². The molecule has 1 saturated heterocycles. The summed E-state index contributed by atoms with van der Waals surface area (Å²) < 4.78 is 42.2. The fourth-order valence-electron chi connectivity index (χ4n) is 5.42. The van der Waals surface area contributed by atoms with E-state index in [1.165, 1.54) is 17.8 Å². The van der Waals surface area contributed by atoms with Gasteiger partial charge in [-0.05, 0) is 62.6 Å². The summed E-state index contributed by atoms with van der Waals surface area (Å²) in [6, 6.07) is 22.2. The molecule has 0 saturated carbocycles. The van der Waals surface area contributed by atoms with E-state index in [-0.39, 0.29) is 17.9 Å². The zero-order valence-corrected chi connectivity index (χ0v) is 26.2. The molecule has 5 rings (SSSR count). The topological polar surface area (TPSA) is 71.3 Å². The lowest BCUT2D eigenvalue weighted by Gasteiger charge is -2.40. The van der Waals surface area contributed by atoms with Crippen LogP contribution in [0.5, 0.6) is 0 Å². The summed E-state index contributed by atoms with van der Waals surface area (Å²) in [5.74, 6) is 1.22. The molecule has 1 atom stereocenters. The number of benzene rings is 3. The molecule has 1 aliphatic rings. The first-order valence-corrected chi connectivity index (χ1v) is 16.0. The van der Waals surface area contributed by atoms with Crippen molar-refractivity contribution in [3.05, 3.63) is 107 Å². The van der Waals surface area contributed by atoms with Crippen molar-refractivity contribution in [3.63, 3.8) is 0 Å². The van der Waals surface area contributed by atoms with Gasteiger partial charge >= 0.3 is 6.18 Å². The van der Waals surface area contributed by atoms with Crippen molar-refractivity contribution in [1.29, 1.82) is 0 Å². The van der Waals surface area contributed by atoms with E-state index in [0.29, 0.717) is 66.9 Å². The molecule has 0 radical (unpaired) electrons. The summed E-state index contributed by atoms with van der Waals surface area (Å²) in [7, 11) is 0. The molecular formula is C34H36F3N5O2S. The summed E-state index contributed by atoms with van der Waals surface area (Å²) in [4.78, 5) is 29.6. The van der Waals surface area contributed by atoms with Crippen LogP contribution in [-0.4, -0.2) is 67.8 Å². The van der Waals surface area contributed by atoms with Crippen molar-refractivity contribution in [1.82, 2.24) is 24.6 Å². The molecule has 45 heavy (non-hydrogen) atoms. The van der Waals surface area contributed by atoms with Crippen molar-refractivity contribution >= 4 is 23.6 Å². The summed E-state index contributed by atoms with van der Waals surface area (Å²) in [6.45, 7) is 5.44. The van der Waals surface area contributed by atoms with Crippen LogP contribution in [0, 0.1) is 6.92 Å². The lowest BCUT2D eigenvalue weighted by molar-refractivity contribution is -0.137. The third-order valence-electron chi connectivity index (χ3n) is 7.89. The number of carbonyl (C=O) groups excluding carboxylic acids is 2. The minimum absolute atomic E-state index is 0.0171. The predicted octanol–water partition coefficient (Wildman–Crippen LogP) is 6.82. The number of piperazine rings is 1. The lowest BCUT2D eigenvalue weighted by atomic mass is 10.1. The molecular weight excluding hydrogens is 599 g/mol. The van der Waals surface area contributed by atoms with Gasteiger partial charge < -0.3 is 9.80 Å². The van der Waals surface area contributed by atoms with Crippen molar-refractivity contribution in [2.75, 3.05) is 25.4 Å². The quantitative estimate of drug-likeness (QED) is 0.141. The highest BCUT2D eigenvalue weighted by Crippen LogP contribution is 2.32. The van der Waals surface area contributed by atoms with Crippen molar-refractivity contribution in [2.24, 2.45) is 0 Å². The number of rotatable bonds is 10. The number of thioether (sulfide) groups is 1. The Kier molecular flexibility index (Phi) is 10.3. The van der Waals surface area contributed by atoms with Gasteiger partial charge in [0, 0.05) is 49.8 Å². The first-order chi connectivity index (χ1) is 21.6. The van der Waals surface area contributed by atoms with Crippen LogP contribution in [0.1, 0.15) is 59.1 Å². The maximum Gasteiger partial charge on any atom is 0.416 e. The van der Waals surface area contributed by atoms with Gasteiger partial charge in [-0.3, -0.25) is 14.2 Å². The minimum atomic E-state index is -4.47. The number of aryl methyl sites for hydroxylation is 1. The molecule has 1 unspecified atom stereocenters. The molecule has 3 aromatic carbocycles. The van der Waals surface area contributed by atoms with Crippen LogP contribution in [0.15, 0.2) is 84.0 Å². The monoisotopic (exact) mass is 635 g/mol. The molecule has 7 nitrogen and oxygen atoms in total. The third kappa shape index (κ3) is 8.13. The molecule has 11 heteroatoms. The summed E-state index contributed by atoms with van der Waals surface area (Å²) >= 11 is 1.42. The molecule has 4 aromatic rings. The number of unbranched alkanes of at least 4 members (excludes halogenated alkanes) is 1. The number of amides is 2. The van der Waals surface area contributed by atoms with Crippen LogP contribution in [0.4, 0.5) is 13.2 Å². The zero-order chi connectivity index (χ0) is 32.0. The SMILES string of the molecule is Cc1ccc(C(=O)N2CCN(C(=O)CCCCSc3nnc(Cc4ccccc4)n3-c3cccc(C(F)(F)F)c3)CC2C)cc1. The van der Waals surface area contributed by atoms with Gasteiger partial charge in [-0.2, -0.15) is 13.2 Å². The Morgan fingerprint density at radius 2 is 1.69 bits per heavy atom. The van der Waals surface area contributed by atoms with Crippen LogP contribution in [0.3, 0.4) is 0 Å². The molecule has 1 aliphatic heterocycles. The molecule has 2 amide bonds. The average Bonchev–Trinajstić information content (AvgIpc) is 3.42. The van der Waals surface area contributed by atoms with Gasteiger partial charge in [-0.15, -0.1) is 10.2 Å². The van der Waals surface area contributed by atoms with Gasteiger partial charge in [0.05, 0.1) is 11.3 Å². The fourth-order valence-corrected chi connectivity index (χ4v) is 6.38. The Morgan fingerprint density at radius 1 is 0.933 bits per heavy atom. The van der Waals surface area contributed by atoms with E-state index >= 15 is 0 Å². The third-order valence-corrected chi connectivity index (χ3v) is 8.91. The second-order valence-corrected chi connectivity index (χ2v) is 12.4. The predicted molar refractivity (Wildman–Crippen MR) is 168 cm³/mol. The minimum Gasteiger partial charge on any atom is -0.339 e. The van der Waals surface area contributed by atoms with Crippen molar-refractivity contribution < 1.29 is 22.8 Å². The summed E-state index contributed by atoms with van der Waals surface area (Å²) in [6.07, 6.45) is -2.27. The molecule has 0 N–H and O–H groups in total. The Hall–Kier alpha value is -4.12. The van der Waals surface area contributed by atoms with Gasteiger partial charge in [0.2, 0.25) is 5.91 Å². The smallest absolute Gasteiger partial charge is 0.339 e. The van der Waals surface area contributed by atoms with Crippen LogP contribution >= 0.6 is 11.8 Å². The maximum atomic E-state index is 13.5. The van der Waals surface area contributed by atoms with Gasteiger partial charge in [0.1, 0.15) is 5.82 Å². The highest BCUT2D eigenvalue weighted by atomic mass is 32.2. The first-order valence-electron chi connectivity index (χ1n) is 15.0. The van der Waals surface area contributed by atoms with Crippen LogP contribution in [0.25, 0.3) is 5.69 Å². The average molecular weight is 636 g/mol. The van der Waals surface area contributed by atoms with E-state index in [1.807, 2.05) is 78.2 Å². The fraction of sp³-hybridized carbons (Fsp3) is 0.353. The van der Waals surface area contributed by atoms with Crippen LogP contribution in [-0.2, 0) is 17.4 Å². The zero-order valence-electron chi connectivity index (χ0n) is 25.3. The molecule has 236 valence electrons. The number of hydrogen-bond acceptors (Lipinski definition) is 5. The van der Waals surface area contributed by atoms with E-state index < -0.39 is 11.7 Å². The molecule has 2 heterocycles. The van der Waals surface area contributed by atoms with E-state index in [9.17, 15) is 22.8 Å². The van der Waals surface area contributed by atoms with Crippen LogP contribution < -0.4 is 0 Å². The molecule has 0 aliphatic carbocycles. The number of halogens is 3. The standard InChI is InChI=1S/C34H36F3N5O2S/c1-24-14-16-27(17-15-24)32(44)41-19-18-40(23-25(41)2)31(43)13-6-7-20-45-33-39-38-30(21-26-9-4-3-5-10-26)42(33)29-12-8-11-28(22-29)34(35,36)37/h3-5,8-12,14-17,22,25H,6-7,13,18-21,23H2,1-2H3. The second kappa shape index (κ2) is 14.3. The summed E-state index contributed by atoms with van der Waals surface area (Å²) in [5.41, 5.74) is 2.35. The van der Waals surface area contributed by atoms with Gasteiger partial charge in [0.15, 0.2) is 5.16 Å². The van der Waals surface area contributed by atoms with E-state index in [4.69, 9.17) is 0 Å². The molecule has 0 spiro atoms. The normalized spacial score (nSPS) is 15.4. The Labute approximate surface area is 265 Å². The Balaban J connectivity index is 1.16. The number of aromatic nitrogens is 3. The molecule has 0 bridgehead atoms. The number of carbonyl (C=O) groups is 2. The Bertz CT molecular complexity index is 1610. The number of nitrogens with zero attached hydrogens (tertiary/aromatic N) is 5. The van der Waals surface area contributed by atoms with Gasteiger partial charge in [0.25, 0.3) is 5.91 Å². The number of alkyl halides is 3. The second-order valence-electron chi connectivity index (χ2n) is 11.3. The highest BCUT2D eigenvalue weighted by molar-refractivity contribution is 7.99. The van der Waals surface area contributed by atoms with E-state index in [1.54, 1.807) is 10.6 Å². The maximum absolute atomic E-state index is 13.5. The first kappa shape index (κ1) is 32.3. The van der Waals surface area contributed by atoms with Gasteiger partial charge in [-0.25, -0.2) is 0 Å². The number of hydrogen-bond donors (Lipinski definition) is 0. The van der Waals surface area contributed by atoms with Crippen molar-refractivity contribution in [3.8, 4) is 5.69 Å². The molecule has 1 aromatic heterocycles. The highest BCUT2D eigenvalue weighted by Gasteiger charge is 2.32. The lowest BCUT2D eigenvalue weighted by Crippen LogP contribution is -2.55. The van der Waals surface area contributed by atoms with Crippen molar-refractivity contribution in [2.45, 2.75) is 56.9 Å². The van der Waals surface area contributed by atoms with Gasteiger partial charge in [-0.1, -0.05) is 65.9 Å². The summed E-state index contributed by atoms with van der Waals surface area (Å²) in [5, 5.41) is 9.18. The largest absolute Gasteiger partial charge is 0.416 e.